The van der Waals surface area contributed by atoms with Crippen molar-refractivity contribution in [3.05, 3.63) is 0 Å². The molecule has 142 valence electrons. The number of hydrogen-bond donors (Lipinski definition) is 3. The molecule has 0 aliphatic carbocycles. The Kier molecular flexibility index (Phi) is 9.53. The Morgan fingerprint density at radius 3 is 2.04 bits per heavy atom. The molecule has 2 saturated heterocycles. The average molecular weight is 341 g/mol. The standard InChI is InChI=1S/C18H40N6/c1-22(2)11-7-10-20-18(24-14-5-6-15-24)16-21-17(8-9-19)23-12-3-4-13-23/h17-18,20-21H,3-16,19H2,1-2H3. The first-order valence-electron chi connectivity index (χ1n) is 10.0. The van der Waals surface area contributed by atoms with Gasteiger partial charge in [0.2, 0.25) is 0 Å². The number of nitrogens with one attached hydrogen (secondary N) is 2. The molecule has 2 rings (SSSR count). The summed E-state index contributed by atoms with van der Waals surface area (Å²) in [5, 5.41) is 7.61. The van der Waals surface area contributed by atoms with Crippen molar-refractivity contribution in [1.82, 2.24) is 25.3 Å². The van der Waals surface area contributed by atoms with Gasteiger partial charge in [-0.05, 0) is 98.4 Å². The first-order chi connectivity index (χ1) is 11.7. The second kappa shape index (κ2) is 11.4. The van der Waals surface area contributed by atoms with Gasteiger partial charge in [-0.3, -0.25) is 15.1 Å². The van der Waals surface area contributed by atoms with Crippen molar-refractivity contribution >= 4 is 0 Å². The predicted octanol–water partition coefficient (Wildman–Crippen LogP) is 0.310. The molecule has 2 atom stereocenters. The predicted molar refractivity (Wildman–Crippen MR) is 102 cm³/mol. The quantitative estimate of drug-likeness (QED) is 0.445. The summed E-state index contributed by atoms with van der Waals surface area (Å²) in [6, 6.07) is 0. The van der Waals surface area contributed by atoms with Crippen molar-refractivity contribution < 1.29 is 0 Å². The minimum atomic E-state index is 0.450. The van der Waals surface area contributed by atoms with Crippen LogP contribution in [0.5, 0.6) is 0 Å². The summed E-state index contributed by atoms with van der Waals surface area (Å²) in [6.07, 6.45) is 8.51. The molecule has 4 N–H and O–H groups in total. The van der Waals surface area contributed by atoms with E-state index >= 15 is 0 Å². The molecule has 0 aromatic heterocycles. The second-order valence-corrected chi connectivity index (χ2v) is 7.61. The van der Waals surface area contributed by atoms with Crippen LogP contribution < -0.4 is 16.4 Å². The van der Waals surface area contributed by atoms with Crippen LogP contribution in [0.1, 0.15) is 38.5 Å². The van der Waals surface area contributed by atoms with E-state index in [0.717, 1.165) is 32.6 Å². The molecule has 2 fully saturated rings. The zero-order chi connectivity index (χ0) is 17.2. The third-order valence-electron chi connectivity index (χ3n) is 5.31. The van der Waals surface area contributed by atoms with E-state index in [0.29, 0.717) is 12.3 Å². The Hall–Kier alpha value is -0.240. The molecule has 0 spiro atoms. The van der Waals surface area contributed by atoms with Gasteiger partial charge in [0, 0.05) is 6.54 Å². The molecular weight excluding hydrogens is 300 g/mol. The fourth-order valence-corrected chi connectivity index (χ4v) is 3.92. The Morgan fingerprint density at radius 2 is 1.50 bits per heavy atom. The van der Waals surface area contributed by atoms with Crippen molar-refractivity contribution in [3.8, 4) is 0 Å². The van der Waals surface area contributed by atoms with Crippen LogP contribution in [0.4, 0.5) is 0 Å². The van der Waals surface area contributed by atoms with Crippen molar-refractivity contribution in [1.29, 1.82) is 0 Å². The van der Waals surface area contributed by atoms with Crippen LogP contribution >= 0.6 is 0 Å². The summed E-state index contributed by atoms with van der Waals surface area (Å²) in [4.78, 5) is 7.46. The normalized spacial score (nSPS) is 22.5. The van der Waals surface area contributed by atoms with Crippen molar-refractivity contribution in [2.24, 2.45) is 5.73 Å². The van der Waals surface area contributed by atoms with E-state index < -0.39 is 0 Å². The largest absolute Gasteiger partial charge is 0.330 e. The smallest absolute Gasteiger partial charge is 0.0726 e. The van der Waals surface area contributed by atoms with Gasteiger partial charge in [-0.15, -0.1) is 0 Å². The molecule has 0 bridgehead atoms. The van der Waals surface area contributed by atoms with Gasteiger partial charge in [-0.1, -0.05) is 0 Å². The molecule has 2 heterocycles. The molecule has 6 nitrogen and oxygen atoms in total. The maximum atomic E-state index is 5.85. The van der Waals surface area contributed by atoms with Gasteiger partial charge in [-0.25, -0.2) is 0 Å². The van der Waals surface area contributed by atoms with Crippen LogP contribution in [0.15, 0.2) is 0 Å². The molecular formula is C18H40N6. The van der Waals surface area contributed by atoms with Crippen molar-refractivity contribution in [3.63, 3.8) is 0 Å². The number of nitrogens with zero attached hydrogens (tertiary/aromatic N) is 3. The molecule has 0 saturated carbocycles. The number of hydrogen-bond acceptors (Lipinski definition) is 6. The molecule has 0 aromatic carbocycles. The monoisotopic (exact) mass is 340 g/mol. The summed E-state index contributed by atoms with van der Waals surface area (Å²) in [7, 11) is 4.29. The minimum Gasteiger partial charge on any atom is -0.330 e. The topological polar surface area (TPSA) is 59.8 Å². The Balaban J connectivity index is 1.79. The van der Waals surface area contributed by atoms with E-state index in [9.17, 15) is 0 Å². The average Bonchev–Trinajstić information content (AvgIpc) is 3.26. The van der Waals surface area contributed by atoms with Crippen LogP contribution in [0.3, 0.4) is 0 Å². The van der Waals surface area contributed by atoms with E-state index in [2.05, 4.69) is 39.4 Å². The van der Waals surface area contributed by atoms with Gasteiger partial charge in [0.1, 0.15) is 0 Å². The highest BCUT2D eigenvalue weighted by molar-refractivity contribution is 4.81. The molecule has 0 amide bonds. The number of rotatable bonds is 12. The van der Waals surface area contributed by atoms with E-state index in [1.807, 2.05) is 0 Å². The molecule has 2 unspecified atom stereocenters. The van der Waals surface area contributed by atoms with Gasteiger partial charge < -0.3 is 16.0 Å². The van der Waals surface area contributed by atoms with Crippen molar-refractivity contribution in [2.45, 2.75) is 50.9 Å². The zero-order valence-electron chi connectivity index (χ0n) is 16.0. The van der Waals surface area contributed by atoms with Gasteiger partial charge in [0.15, 0.2) is 0 Å². The molecule has 24 heavy (non-hydrogen) atoms. The van der Waals surface area contributed by atoms with E-state index in [-0.39, 0.29) is 0 Å². The van der Waals surface area contributed by atoms with Gasteiger partial charge in [-0.2, -0.15) is 0 Å². The number of nitrogens with two attached hydrogens (primary N) is 1. The lowest BCUT2D eigenvalue weighted by atomic mass is 10.2. The summed E-state index contributed by atoms with van der Waals surface area (Å²) >= 11 is 0. The van der Waals surface area contributed by atoms with Crippen LogP contribution in [0, 0.1) is 0 Å². The molecule has 6 heteroatoms. The van der Waals surface area contributed by atoms with Crippen molar-refractivity contribution in [2.75, 3.05) is 66.5 Å². The molecule has 0 radical (unpaired) electrons. The number of likely N-dealkylation sites (tertiary alicyclic amines) is 2. The van der Waals surface area contributed by atoms with E-state index in [4.69, 9.17) is 5.73 Å². The molecule has 2 aliphatic heterocycles. The summed E-state index contributed by atoms with van der Waals surface area (Å²) < 4.78 is 0. The first kappa shape index (κ1) is 20.1. The van der Waals surface area contributed by atoms with Crippen LogP contribution in [0.2, 0.25) is 0 Å². The minimum absolute atomic E-state index is 0.450. The van der Waals surface area contributed by atoms with Gasteiger partial charge >= 0.3 is 0 Å². The first-order valence-corrected chi connectivity index (χ1v) is 10.0. The lowest BCUT2D eigenvalue weighted by Crippen LogP contribution is -2.55. The van der Waals surface area contributed by atoms with Crippen LogP contribution in [-0.2, 0) is 0 Å². The second-order valence-electron chi connectivity index (χ2n) is 7.61. The highest BCUT2D eigenvalue weighted by Gasteiger charge is 2.25. The Labute approximate surface area is 149 Å². The summed E-state index contributed by atoms with van der Waals surface area (Å²) in [6.45, 7) is 8.94. The fraction of sp³-hybridized carbons (Fsp3) is 1.00. The maximum Gasteiger partial charge on any atom is 0.0726 e. The third kappa shape index (κ3) is 6.94. The van der Waals surface area contributed by atoms with Gasteiger partial charge in [0.25, 0.3) is 0 Å². The highest BCUT2D eigenvalue weighted by atomic mass is 15.3. The molecule has 2 aliphatic rings. The Morgan fingerprint density at radius 1 is 0.917 bits per heavy atom. The Bertz CT molecular complexity index is 313. The van der Waals surface area contributed by atoms with Crippen LogP contribution in [-0.4, -0.2) is 93.5 Å². The lowest BCUT2D eigenvalue weighted by molar-refractivity contribution is 0.150. The SMILES string of the molecule is CN(C)CCCNC(CNC(CCN)N1CCCC1)N1CCCC1. The third-order valence-corrected chi connectivity index (χ3v) is 5.31. The van der Waals surface area contributed by atoms with E-state index in [1.165, 1.54) is 58.3 Å². The lowest BCUT2D eigenvalue weighted by Gasteiger charge is -2.34. The summed E-state index contributed by atoms with van der Waals surface area (Å²) in [5.41, 5.74) is 5.85. The molecule has 0 aromatic rings. The highest BCUT2D eigenvalue weighted by Crippen LogP contribution is 2.14. The maximum absolute atomic E-state index is 5.85. The van der Waals surface area contributed by atoms with E-state index in [1.54, 1.807) is 0 Å². The summed E-state index contributed by atoms with van der Waals surface area (Å²) in [5.74, 6) is 0. The zero-order valence-corrected chi connectivity index (χ0v) is 16.0. The van der Waals surface area contributed by atoms with Gasteiger partial charge in [0.05, 0.1) is 12.3 Å². The van der Waals surface area contributed by atoms with Crippen LogP contribution in [0.25, 0.3) is 0 Å². The fourth-order valence-electron chi connectivity index (χ4n) is 3.92.